The highest BCUT2D eigenvalue weighted by Gasteiger charge is 2.11. The normalized spacial score (nSPS) is 11.0. The molecule has 0 aliphatic rings. The van der Waals surface area contributed by atoms with Crippen LogP contribution in [0.1, 0.15) is 0 Å². The molecule has 0 fully saturated rings. The van der Waals surface area contributed by atoms with Crippen molar-refractivity contribution >= 4 is 11.0 Å². The first-order chi connectivity index (χ1) is 8.63. The summed E-state index contributed by atoms with van der Waals surface area (Å²) < 4.78 is 31.3. The van der Waals surface area contributed by atoms with Crippen molar-refractivity contribution in [2.75, 3.05) is 0 Å². The second kappa shape index (κ2) is 3.84. The molecule has 4 heteroatoms. The number of benzene rings is 2. The summed E-state index contributed by atoms with van der Waals surface area (Å²) in [4.78, 5) is 0. The van der Waals surface area contributed by atoms with Gasteiger partial charge in [0.25, 0.3) is 0 Å². The SMILES string of the molecule is Oc1cc(F)cc2oc(-c3ccc(F)cc3)cc12. The molecule has 1 heterocycles. The van der Waals surface area contributed by atoms with Gasteiger partial charge in [-0.1, -0.05) is 0 Å². The molecule has 0 unspecified atom stereocenters. The molecule has 1 N–H and O–H groups in total. The maximum Gasteiger partial charge on any atom is 0.141 e. The molecule has 0 saturated heterocycles. The zero-order chi connectivity index (χ0) is 12.7. The molecule has 0 amide bonds. The maximum atomic E-state index is 13.1. The van der Waals surface area contributed by atoms with Gasteiger partial charge in [0.05, 0.1) is 5.39 Å². The minimum absolute atomic E-state index is 0.179. The van der Waals surface area contributed by atoms with Crippen LogP contribution in [0.15, 0.2) is 46.9 Å². The summed E-state index contributed by atoms with van der Waals surface area (Å²) >= 11 is 0. The minimum atomic E-state index is -0.569. The predicted octanol–water partition coefficient (Wildman–Crippen LogP) is 4.08. The number of hydrogen-bond acceptors (Lipinski definition) is 2. The lowest BCUT2D eigenvalue weighted by Crippen LogP contribution is -1.74. The molecule has 18 heavy (non-hydrogen) atoms. The van der Waals surface area contributed by atoms with E-state index < -0.39 is 5.82 Å². The highest BCUT2D eigenvalue weighted by molar-refractivity contribution is 5.88. The predicted molar refractivity (Wildman–Crippen MR) is 63.2 cm³/mol. The molecular formula is C14H8F2O2. The Kier molecular flexibility index (Phi) is 2.30. The molecule has 0 bridgehead atoms. The molecule has 0 aliphatic heterocycles. The Balaban J connectivity index is 2.19. The largest absolute Gasteiger partial charge is 0.507 e. The average molecular weight is 246 g/mol. The fourth-order valence-corrected chi connectivity index (χ4v) is 1.84. The first-order valence-electron chi connectivity index (χ1n) is 5.31. The molecule has 0 atom stereocenters. The van der Waals surface area contributed by atoms with Crippen LogP contribution in [-0.2, 0) is 0 Å². The van der Waals surface area contributed by atoms with Crippen LogP contribution < -0.4 is 0 Å². The standard InChI is InChI=1S/C14H8F2O2/c15-9-3-1-8(2-4-9)13-7-11-12(17)5-10(16)6-14(11)18-13/h1-7,17H. The van der Waals surface area contributed by atoms with E-state index in [0.29, 0.717) is 16.7 Å². The van der Waals surface area contributed by atoms with E-state index in [1.165, 1.54) is 18.2 Å². The summed E-state index contributed by atoms with van der Waals surface area (Å²) in [5, 5.41) is 10.0. The number of phenolic OH excluding ortho intramolecular Hbond substituents is 1. The number of furan rings is 1. The lowest BCUT2D eigenvalue weighted by atomic mass is 10.1. The number of hydrogen-bond donors (Lipinski definition) is 1. The third kappa shape index (κ3) is 1.72. The highest BCUT2D eigenvalue weighted by atomic mass is 19.1. The third-order valence-corrected chi connectivity index (χ3v) is 2.71. The molecule has 0 aliphatic carbocycles. The molecular weight excluding hydrogens is 238 g/mol. The Morgan fingerprint density at radius 2 is 1.61 bits per heavy atom. The van der Waals surface area contributed by atoms with Gasteiger partial charge in [0.1, 0.15) is 28.7 Å². The quantitative estimate of drug-likeness (QED) is 0.701. The van der Waals surface area contributed by atoms with E-state index in [4.69, 9.17) is 4.42 Å². The van der Waals surface area contributed by atoms with Gasteiger partial charge in [0.2, 0.25) is 0 Å². The van der Waals surface area contributed by atoms with Gasteiger partial charge in [-0.3, -0.25) is 0 Å². The van der Waals surface area contributed by atoms with E-state index in [1.807, 2.05) is 0 Å². The van der Waals surface area contributed by atoms with E-state index in [0.717, 1.165) is 6.07 Å². The summed E-state index contributed by atoms with van der Waals surface area (Å²) in [6.45, 7) is 0. The fraction of sp³-hybridized carbons (Fsp3) is 0. The fourth-order valence-electron chi connectivity index (χ4n) is 1.84. The van der Waals surface area contributed by atoms with Crippen molar-refractivity contribution in [1.29, 1.82) is 0 Å². The van der Waals surface area contributed by atoms with Crippen molar-refractivity contribution in [3.05, 3.63) is 54.1 Å². The monoisotopic (exact) mass is 246 g/mol. The summed E-state index contributed by atoms with van der Waals surface area (Å²) in [6, 6.07) is 9.54. The molecule has 3 rings (SSSR count). The number of phenols is 1. The minimum Gasteiger partial charge on any atom is -0.507 e. The first-order valence-corrected chi connectivity index (χ1v) is 5.31. The van der Waals surface area contributed by atoms with Crippen LogP contribution in [-0.4, -0.2) is 5.11 Å². The lowest BCUT2D eigenvalue weighted by molar-refractivity contribution is 0.475. The van der Waals surface area contributed by atoms with E-state index in [2.05, 4.69) is 0 Å². The zero-order valence-electron chi connectivity index (χ0n) is 9.15. The van der Waals surface area contributed by atoms with Crippen molar-refractivity contribution in [2.24, 2.45) is 0 Å². The topological polar surface area (TPSA) is 33.4 Å². The van der Waals surface area contributed by atoms with Gasteiger partial charge < -0.3 is 9.52 Å². The van der Waals surface area contributed by atoms with Gasteiger partial charge in [-0.25, -0.2) is 8.78 Å². The van der Waals surface area contributed by atoms with Crippen molar-refractivity contribution in [1.82, 2.24) is 0 Å². The molecule has 0 spiro atoms. The molecule has 0 saturated carbocycles. The van der Waals surface area contributed by atoms with Gasteiger partial charge in [-0.15, -0.1) is 0 Å². The number of fused-ring (bicyclic) bond motifs is 1. The lowest BCUT2D eigenvalue weighted by Gasteiger charge is -1.95. The molecule has 90 valence electrons. The van der Waals surface area contributed by atoms with Crippen LogP contribution >= 0.6 is 0 Å². The number of rotatable bonds is 1. The van der Waals surface area contributed by atoms with E-state index in [1.54, 1.807) is 18.2 Å². The summed E-state index contributed by atoms with van der Waals surface area (Å²) in [5.41, 5.74) is 0.916. The van der Waals surface area contributed by atoms with Gasteiger partial charge in [0, 0.05) is 17.7 Å². The van der Waals surface area contributed by atoms with E-state index >= 15 is 0 Å². The van der Waals surface area contributed by atoms with Crippen molar-refractivity contribution in [2.45, 2.75) is 0 Å². The number of aromatic hydroxyl groups is 1. The van der Waals surface area contributed by atoms with E-state index in [9.17, 15) is 13.9 Å². The van der Waals surface area contributed by atoms with Crippen LogP contribution in [0.5, 0.6) is 5.75 Å². The average Bonchev–Trinajstić information content (AvgIpc) is 2.74. The third-order valence-electron chi connectivity index (χ3n) is 2.71. The van der Waals surface area contributed by atoms with Gasteiger partial charge in [-0.2, -0.15) is 0 Å². The van der Waals surface area contributed by atoms with Crippen LogP contribution in [0.25, 0.3) is 22.3 Å². The smallest absolute Gasteiger partial charge is 0.141 e. The van der Waals surface area contributed by atoms with Crippen LogP contribution in [0.4, 0.5) is 8.78 Å². The van der Waals surface area contributed by atoms with Gasteiger partial charge in [-0.05, 0) is 30.3 Å². The molecule has 3 aromatic rings. The zero-order valence-corrected chi connectivity index (χ0v) is 9.15. The van der Waals surface area contributed by atoms with Crippen LogP contribution in [0.2, 0.25) is 0 Å². The van der Waals surface area contributed by atoms with Crippen LogP contribution in [0, 0.1) is 11.6 Å². The van der Waals surface area contributed by atoms with Crippen molar-refractivity contribution in [3.8, 4) is 17.1 Å². The second-order valence-corrected chi connectivity index (χ2v) is 3.95. The van der Waals surface area contributed by atoms with Crippen molar-refractivity contribution in [3.63, 3.8) is 0 Å². The Morgan fingerprint density at radius 1 is 0.889 bits per heavy atom. The van der Waals surface area contributed by atoms with Gasteiger partial charge in [0.15, 0.2) is 0 Å². The van der Waals surface area contributed by atoms with Crippen LogP contribution in [0.3, 0.4) is 0 Å². The first kappa shape index (κ1) is 10.8. The highest BCUT2D eigenvalue weighted by Crippen LogP contribution is 2.33. The Morgan fingerprint density at radius 3 is 2.33 bits per heavy atom. The number of halogens is 2. The van der Waals surface area contributed by atoms with Crippen molar-refractivity contribution < 1.29 is 18.3 Å². The Bertz CT molecular complexity index is 714. The Hall–Kier alpha value is -2.36. The maximum absolute atomic E-state index is 13.1. The van der Waals surface area contributed by atoms with E-state index in [-0.39, 0.29) is 17.1 Å². The second-order valence-electron chi connectivity index (χ2n) is 3.95. The Labute approximate surface area is 101 Å². The molecule has 1 aromatic heterocycles. The molecule has 2 nitrogen and oxygen atoms in total. The van der Waals surface area contributed by atoms with Gasteiger partial charge >= 0.3 is 0 Å². The molecule has 0 radical (unpaired) electrons. The molecule has 2 aromatic carbocycles. The summed E-state index contributed by atoms with van der Waals surface area (Å²) in [6.07, 6.45) is 0. The summed E-state index contributed by atoms with van der Waals surface area (Å²) in [5.74, 6) is -0.642. The summed E-state index contributed by atoms with van der Waals surface area (Å²) in [7, 11) is 0.